The monoisotopic (exact) mass is 329 g/mol. The number of nitrogens with zero attached hydrogens (tertiary/aromatic N) is 4. The fourth-order valence-electron chi connectivity index (χ4n) is 2.06. The molecule has 114 valence electrons. The summed E-state index contributed by atoms with van der Waals surface area (Å²) in [6, 6.07) is 6.47. The average molecular weight is 330 g/mol. The first-order valence-electron chi connectivity index (χ1n) is 6.45. The van der Waals surface area contributed by atoms with E-state index in [0.717, 1.165) is 0 Å². The Morgan fingerprint density at radius 2 is 2.04 bits per heavy atom. The molecule has 3 rings (SSSR count). The van der Waals surface area contributed by atoms with Gasteiger partial charge in [0.15, 0.2) is 5.69 Å². The highest BCUT2D eigenvalue weighted by atomic mass is 35.5. The van der Waals surface area contributed by atoms with Gasteiger partial charge in [-0.15, -0.1) is 0 Å². The van der Waals surface area contributed by atoms with Crippen LogP contribution in [-0.2, 0) is 0 Å². The molecule has 0 aliphatic rings. The average Bonchev–Trinajstić information content (AvgIpc) is 2.98. The summed E-state index contributed by atoms with van der Waals surface area (Å²) in [5.74, 6) is -0.372. The van der Waals surface area contributed by atoms with Crippen LogP contribution in [0.25, 0.3) is 22.6 Å². The first kappa shape index (κ1) is 14.9. The summed E-state index contributed by atoms with van der Waals surface area (Å²) in [6.45, 7) is 0. The minimum absolute atomic E-state index is 0.0908. The van der Waals surface area contributed by atoms with Crippen molar-refractivity contribution >= 4 is 11.6 Å². The molecule has 0 saturated heterocycles. The summed E-state index contributed by atoms with van der Waals surface area (Å²) in [4.78, 5) is 15.0. The van der Waals surface area contributed by atoms with Gasteiger partial charge in [-0.25, -0.2) is 19.3 Å². The summed E-state index contributed by atoms with van der Waals surface area (Å²) < 4.78 is 18.9. The number of imidazole rings is 1. The van der Waals surface area contributed by atoms with Gasteiger partial charge in [-0.1, -0.05) is 17.7 Å². The van der Waals surface area contributed by atoms with Gasteiger partial charge in [-0.2, -0.15) is 5.26 Å². The molecule has 2 heterocycles. The lowest BCUT2D eigenvalue weighted by Crippen LogP contribution is -1.92. The Hall–Kier alpha value is -2.98. The Morgan fingerprint density at radius 3 is 2.65 bits per heavy atom. The van der Waals surface area contributed by atoms with Gasteiger partial charge in [0.2, 0.25) is 0 Å². The maximum atomic E-state index is 14.0. The van der Waals surface area contributed by atoms with E-state index in [2.05, 4.69) is 19.9 Å². The van der Waals surface area contributed by atoms with Crippen LogP contribution < -0.4 is 4.74 Å². The zero-order valence-electron chi connectivity index (χ0n) is 11.8. The normalized spacial score (nSPS) is 10.3. The number of benzene rings is 1. The highest BCUT2D eigenvalue weighted by Gasteiger charge is 2.18. The van der Waals surface area contributed by atoms with E-state index in [9.17, 15) is 9.65 Å². The van der Waals surface area contributed by atoms with E-state index in [0.29, 0.717) is 11.3 Å². The molecule has 0 unspecified atom stereocenters. The Morgan fingerprint density at radius 1 is 1.30 bits per heavy atom. The zero-order chi connectivity index (χ0) is 16.4. The maximum absolute atomic E-state index is 14.0. The molecule has 0 saturated carbocycles. The summed E-state index contributed by atoms with van der Waals surface area (Å²) in [6.07, 6.45) is 2.96. The van der Waals surface area contributed by atoms with E-state index >= 15 is 0 Å². The highest BCUT2D eigenvalue weighted by molar-refractivity contribution is 6.33. The molecule has 0 spiro atoms. The van der Waals surface area contributed by atoms with E-state index in [1.807, 2.05) is 6.07 Å². The molecule has 0 fully saturated rings. The van der Waals surface area contributed by atoms with Crippen LogP contribution in [0.2, 0.25) is 5.02 Å². The predicted molar refractivity (Wildman–Crippen MR) is 81.3 cm³/mol. The topological polar surface area (TPSA) is 87.5 Å². The van der Waals surface area contributed by atoms with Crippen LogP contribution >= 0.6 is 11.6 Å². The minimum Gasteiger partial charge on any atom is -0.467 e. The molecule has 6 nitrogen and oxygen atoms in total. The molecule has 1 aromatic carbocycles. The molecular weight excluding hydrogens is 321 g/mol. The van der Waals surface area contributed by atoms with Crippen molar-refractivity contribution in [3.63, 3.8) is 0 Å². The van der Waals surface area contributed by atoms with Gasteiger partial charge in [0, 0.05) is 18.0 Å². The molecule has 8 heteroatoms. The minimum atomic E-state index is -0.534. The number of H-pyrrole nitrogens is 1. The number of nitrogens with one attached hydrogen (secondary N) is 1. The summed E-state index contributed by atoms with van der Waals surface area (Å²) >= 11 is 6.03. The number of rotatable bonds is 3. The largest absolute Gasteiger partial charge is 0.467 e. The van der Waals surface area contributed by atoms with E-state index < -0.39 is 5.82 Å². The fourth-order valence-corrected chi connectivity index (χ4v) is 2.31. The third-order valence-electron chi connectivity index (χ3n) is 3.11. The first-order valence-corrected chi connectivity index (χ1v) is 6.82. The Balaban J connectivity index is 2.13. The van der Waals surface area contributed by atoms with Gasteiger partial charge in [-0.3, -0.25) is 0 Å². The van der Waals surface area contributed by atoms with Gasteiger partial charge in [0.05, 0.1) is 23.4 Å². The van der Waals surface area contributed by atoms with Crippen LogP contribution in [0, 0.1) is 17.1 Å². The fraction of sp³-hybridized carbons (Fsp3) is 0.0667. The second-order valence-electron chi connectivity index (χ2n) is 4.48. The van der Waals surface area contributed by atoms with Crippen LogP contribution in [0.3, 0.4) is 0 Å². The molecule has 0 radical (unpaired) electrons. The molecule has 2 aromatic heterocycles. The lowest BCUT2D eigenvalue weighted by atomic mass is 10.2. The number of aromatic amines is 1. The molecule has 0 aliphatic heterocycles. The smallest absolute Gasteiger partial charge is 0.316 e. The van der Waals surface area contributed by atoms with Crippen molar-refractivity contribution in [2.24, 2.45) is 0 Å². The number of ether oxygens (including phenoxy) is 1. The summed E-state index contributed by atoms with van der Waals surface area (Å²) in [5.41, 5.74) is 1.09. The molecule has 23 heavy (non-hydrogen) atoms. The third-order valence-corrected chi connectivity index (χ3v) is 3.42. The quantitative estimate of drug-likeness (QED) is 0.797. The number of nitriles is 1. The second-order valence-corrected chi connectivity index (χ2v) is 4.88. The lowest BCUT2D eigenvalue weighted by Gasteiger charge is -2.02. The summed E-state index contributed by atoms with van der Waals surface area (Å²) in [5, 5.41) is 9.45. The second kappa shape index (κ2) is 6.02. The Labute approximate surface area is 135 Å². The van der Waals surface area contributed by atoms with Crippen LogP contribution in [0.5, 0.6) is 6.01 Å². The van der Waals surface area contributed by atoms with E-state index in [4.69, 9.17) is 16.3 Å². The molecule has 1 N–H and O–H groups in total. The van der Waals surface area contributed by atoms with Gasteiger partial charge in [-0.05, 0) is 12.1 Å². The Bertz CT molecular complexity index is 881. The van der Waals surface area contributed by atoms with E-state index in [1.54, 1.807) is 6.07 Å². The summed E-state index contributed by atoms with van der Waals surface area (Å²) in [7, 11) is 1.45. The van der Waals surface area contributed by atoms with Gasteiger partial charge in [0.1, 0.15) is 17.7 Å². The van der Waals surface area contributed by atoms with Crippen molar-refractivity contribution < 1.29 is 9.13 Å². The van der Waals surface area contributed by atoms with Crippen molar-refractivity contribution in [3.05, 3.63) is 47.1 Å². The molecule has 3 aromatic rings. The third kappa shape index (κ3) is 2.72. The van der Waals surface area contributed by atoms with Gasteiger partial charge in [0.25, 0.3) is 0 Å². The van der Waals surface area contributed by atoms with Crippen molar-refractivity contribution in [3.8, 4) is 34.7 Å². The maximum Gasteiger partial charge on any atom is 0.316 e. The number of hydrogen-bond acceptors (Lipinski definition) is 5. The molecule has 0 amide bonds. The number of halogens is 2. The molecule has 0 bridgehead atoms. The SMILES string of the molecule is COc1ncc(-c2[nH]c(-c3c(F)cccc3Cl)nc2C#N)cn1. The van der Waals surface area contributed by atoms with Crippen LogP contribution in [-0.4, -0.2) is 27.0 Å². The van der Waals surface area contributed by atoms with Crippen molar-refractivity contribution in [2.45, 2.75) is 0 Å². The molecular formula is C15H9ClFN5O. The zero-order valence-corrected chi connectivity index (χ0v) is 12.6. The number of methoxy groups -OCH3 is 1. The molecule has 0 aliphatic carbocycles. The van der Waals surface area contributed by atoms with Crippen LogP contribution in [0.1, 0.15) is 5.69 Å². The standard InChI is InChI=1S/C15H9ClFN5O/c1-23-15-19-6-8(7-20-15)13-11(5-18)21-14(22-13)12-9(16)3-2-4-10(12)17/h2-4,6-7H,1H3,(H,21,22). The van der Waals surface area contributed by atoms with Crippen molar-refractivity contribution in [1.82, 2.24) is 19.9 Å². The van der Waals surface area contributed by atoms with E-state index in [-0.39, 0.29) is 28.1 Å². The Kier molecular flexibility index (Phi) is 3.91. The van der Waals surface area contributed by atoms with Crippen molar-refractivity contribution in [2.75, 3.05) is 7.11 Å². The predicted octanol–water partition coefficient (Wildman–Crippen LogP) is 3.21. The first-order chi connectivity index (χ1) is 11.1. The van der Waals surface area contributed by atoms with Crippen molar-refractivity contribution in [1.29, 1.82) is 5.26 Å². The lowest BCUT2D eigenvalue weighted by molar-refractivity contribution is 0.380. The van der Waals surface area contributed by atoms with E-state index in [1.165, 1.54) is 31.6 Å². The highest BCUT2D eigenvalue weighted by Crippen LogP contribution is 2.31. The van der Waals surface area contributed by atoms with Gasteiger partial charge >= 0.3 is 6.01 Å². The number of aromatic nitrogens is 4. The van der Waals surface area contributed by atoms with Gasteiger partial charge < -0.3 is 9.72 Å². The number of hydrogen-bond donors (Lipinski definition) is 1. The van der Waals surface area contributed by atoms with Crippen LogP contribution in [0.4, 0.5) is 4.39 Å². The molecule has 0 atom stereocenters. The van der Waals surface area contributed by atoms with Crippen LogP contribution in [0.15, 0.2) is 30.6 Å².